The van der Waals surface area contributed by atoms with Crippen molar-refractivity contribution >= 4 is 17.1 Å². The summed E-state index contributed by atoms with van der Waals surface area (Å²) in [5.41, 5.74) is 1.23. The van der Waals surface area contributed by atoms with Gasteiger partial charge in [0.1, 0.15) is 0 Å². The first kappa shape index (κ1) is 15.5. The Morgan fingerprint density at radius 3 is 2.56 bits per heavy atom. The predicted molar refractivity (Wildman–Crippen MR) is 78.2 cm³/mol. The van der Waals surface area contributed by atoms with Crippen molar-refractivity contribution in [2.75, 3.05) is 6.54 Å². The Kier molecular flexibility index (Phi) is 9.45. The van der Waals surface area contributed by atoms with Crippen molar-refractivity contribution in [1.29, 1.82) is 0 Å². The van der Waals surface area contributed by atoms with Crippen LogP contribution in [0, 0.1) is 0 Å². The van der Waals surface area contributed by atoms with Gasteiger partial charge in [-0.05, 0) is 39.3 Å². The minimum atomic E-state index is 0.352. The highest BCUT2D eigenvalue weighted by Crippen LogP contribution is 2.06. The van der Waals surface area contributed by atoms with E-state index in [9.17, 15) is 0 Å². The average molecular weight is 239 g/mol. The largest absolute Gasteiger partial charge is 0.310 e. The van der Waals surface area contributed by atoms with Crippen LogP contribution in [0.3, 0.4) is 0 Å². The summed E-state index contributed by atoms with van der Waals surface area (Å²) in [6, 6.07) is 0.352. The molecule has 1 unspecified atom stereocenters. The Morgan fingerprint density at radius 1 is 1.38 bits per heavy atom. The first-order chi connectivity index (χ1) is 7.63. The van der Waals surface area contributed by atoms with Crippen LogP contribution in [-0.4, -0.2) is 17.5 Å². The van der Waals surface area contributed by atoms with E-state index in [0.29, 0.717) is 6.04 Å². The number of nitrogens with one attached hydrogen (secondary N) is 1. The highest BCUT2D eigenvalue weighted by Gasteiger charge is 2.08. The predicted octanol–water partition coefficient (Wildman–Crippen LogP) is 4.05. The summed E-state index contributed by atoms with van der Waals surface area (Å²) in [6.45, 7) is 9.49. The Bertz CT molecular complexity index is 253. The van der Waals surface area contributed by atoms with E-state index in [1.165, 1.54) is 24.8 Å². The van der Waals surface area contributed by atoms with Crippen LogP contribution in [0.15, 0.2) is 23.8 Å². The third kappa shape index (κ3) is 6.91. The summed E-state index contributed by atoms with van der Waals surface area (Å²) >= 11 is 5.27. The lowest BCUT2D eigenvalue weighted by atomic mass is 10.1. The Morgan fingerprint density at radius 2 is 2.06 bits per heavy atom. The van der Waals surface area contributed by atoms with Crippen LogP contribution in [0.2, 0.25) is 0 Å². The standard InChI is InChI=1S/C14H25NS/c1-5-7-9-11-15-12(3)14(13(4)16)10-8-6-2/h6,8,10,12,15H,5,7,9,11H2,1-4H3/b8-6-,14-10-. The van der Waals surface area contributed by atoms with Crippen LogP contribution < -0.4 is 5.32 Å². The molecule has 92 valence electrons. The maximum atomic E-state index is 5.27. The summed E-state index contributed by atoms with van der Waals surface area (Å²) in [5.74, 6) is 0. The van der Waals surface area contributed by atoms with Crippen molar-refractivity contribution in [2.45, 2.75) is 53.0 Å². The molecule has 1 atom stereocenters. The first-order valence-electron chi connectivity index (χ1n) is 6.20. The lowest BCUT2D eigenvalue weighted by Gasteiger charge is -2.16. The smallest absolute Gasteiger partial charge is 0.0302 e. The maximum absolute atomic E-state index is 5.27. The van der Waals surface area contributed by atoms with E-state index < -0.39 is 0 Å². The third-order valence-corrected chi connectivity index (χ3v) is 2.81. The molecular formula is C14H25NS. The Hall–Kier alpha value is -0.470. The molecule has 2 heteroatoms. The van der Waals surface area contributed by atoms with Gasteiger partial charge < -0.3 is 5.32 Å². The van der Waals surface area contributed by atoms with Crippen LogP contribution >= 0.6 is 12.2 Å². The van der Waals surface area contributed by atoms with Crippen molar-refractivity contribution in [2.24, 2.45) is 0 Å². The van der Waals surface area contributed by atoms with E-state index in [1.807, 2.05) is 19.9 Å². The summed E-state index contributed by atoms with van der Waals surface area (Å²) in [7, 11) is 0. The van der Waals surface area contributed by atoms with Crippen LogP contribution in [0.4, 0.5) is 0 Å². The molecule has 0 aliphatic heterocycles. The van der Waals surface area contributed by atoms with Crippen molar-refractivity contribution in [3.63, 3.8) is 0 Å². The molecule has 0 saturated heterocycles. The second kappa shape index (κ2) is 9.73. The van der Waals surface area contributed by atoms with Gasteiger partial charge in [-0.25, -0.2) is 0 Å². The quantitative estimate of drug-likeness (QED) is 0.297. The zero-order valence-electron chi connectivity index (χ0n) is 11.0. The molecule has 0 aliphatic carbocycles. The van der Waals surface area contributed by atoms with Crippen molar-refractivity contribution in [3.8, 4) is 0 Å². The molecule has 0 amide bonds. The number of allylic oxidation sites excluding steroid dienone is 3. The van der Waals surface area contributed by atoms with Gasteiger partial charge in [0.05, 0.1) is 0 Å². The highest BCUT2D eigenvalue weighted by molar-refractivity contribution is 7.80. The fourth-order valence-electron chi connectivity index (χ4n) is 1.57. The molecule has 0 aromatic heterocycles. The van der Waals surface area contributed by atoms with Crippen LogP contribution in [-0.2, 0) is 0 Å². The van der Waals surface area contributed by atoms with Crippen LogP contribution in [0.1, 0.15) is 47.0 Å². The van der Waals surface area contributed by atoms with E-state index >= 15 is 0 Å². The van der Waals surface area contributed by atoms with Crippen LogP contribution in [0.5, 0.6) is 0 Å². The van der Waals surface area contributed by atoms with E-state index in [2.05, 4.69) is 31.3 Å². The Balaban J connectivity index is 4.18. The molecule has 1 N–H and O–H groups in total. The monoisotopic (exact) mass is 239 g/mol. The third-order valence-electron chi connectivity index (χ3n) is 2.57. The SMILES string of the molecule is C/C=C\C=C(/C(C)=S)C(C)NCCCCC. The van der Waals surface area contributed by atoms with Gasteiger partial charge in [-0.15, -0.1) is 0 Å². The molecule has 0 aromatic rings. The van der Waals surface area contributed by atoms with E-state index in [-0.39, 0.29) is 0 Å². The minimum absolute atomic E-state index is 0.352. The zero-order chi connectivity index (χ0) is 12.4. The van der Waals surface area contributed by atoms with Gasteiger partial charge >= 0.3 is 0 Å². The Labute approximate surface area is 106 Å². The lowest BCUT2D eigenvalue weighted by molar-refractivity contribution is 0.577. The molecule has 16 heavy (non-hydrogen) atoms. The van der Waals surface area contributed by atoms with Crippen LogP contribution in [0.25, 0.3) is 0 Å². The average Bonchev–Trinajstić information content (AvgIpc) is 2.24. The molecule has 0 radical (unpaired) electrons. The van der Waals surface area contributed by atoms with Crippen molar-refractivity contribution in [3.05, 3.63) is 23.8 Å². The van der Waals surface area contributed by atoms with Gasteiger partial charge in [0.2, 0.25) is 0 Å². The van der Waals surface area contributed by atoms with E-state index in [0.717, 1.165) is 11.4 Å². The molecule has 1 nitrogen and oxygen atoms in total. The van der Waals surface area contributed by atoms with E-state index in [1.54, 1.807) is 0 Å². The van der Waals surface area contributed by atoms with Gasteiger partial charge in [0.25, 0.3) is 0 Å². The van der Waals surface area contributed by atoms with Gasteiger partial charge in [-0.3, -0.25) is 0 Å². The summed E-state index contributed by atoms with van der Waals surface area (Å²) in [4.78, 5) is 0.980. The molecule has 0 saturated carbocycles. The summed E-state index contributed by atoms with van der Waals surface area (Å²) in [5, 5.41) is 3.52. The van der Waals surface area contributed by atoms with Gasteiger partial charge in [0, 0.05) is 10.9 Å². The lowest BCUT2D eigenvalue weighted by Crippen LogP contribution is -2.30. The fourth-order valence-corrected chi connectivity index (χ4v) is 1.81. The first-order valence-corrected chi connectivity index (χ1v) is 6.61. The molecule has 0 spiro atoms. The molecule has 0 aromatic carbocycles. The van der Waals surface area contributed by atoms with Gasteiger partial charge in [-0.2, -0.15) is 0 Å². The molecule has 0 fully saturated rings. The van der Waals surface area contributed by atoms with Crippen molar-refractivity contribution in [1.82, 2.24) is 5.32 Å². The van der Waals surface area contributed by atoms with Crippen molar-refractivity contribution < 1.29 is 0 Å². The normalized spacial score (nSPS) is 14.4. The summed E-state index contributed by atoms with van der Waals surface area (Å²) in [6.07, 6.45) is 10.00. The maximum Gasteiger partial charge on any atom is 0.0302 e. The fraction of sp³-hybridized carbons (Fsp3) is 0.643. The van der Waals surface area contributed by atoms with E-state index in [4.69, 9.17) is 12.2 Å². The number of thiocarbonyl (C=S) groups is 1. The number of hydrogen-bond donors (Lipinski definition) is 1. The summed E-state index contributed by atoms with van der Waals surface area (Å²) < 4.78 is 0. The number of rotatable bonds is 8. The number of hydrogen-bond acceptors (Lipinski definition) is 2. The number of unbranched alkanes of at least 4 members (excludes halogenated alkanes) is 2. The highest BCUT2D eigenvalue weighted by atomic mass is 32.1. The molecular weight excluding hydrogens is 214 g/mol. The molecule has 0 aliphatic rings. The minimum Gasteiger partial charge on any atom is -0.310 e. The molecule has 0 bridgehead atoms. The molecule has 0 rings (SSSR count). The van der Waals surface area contributed by atoms with Gasteiger partial charge in [0.15, 0.2) is 0 Å². The molecule has 0 heterocycles. The topological polar surface area (TPSA) is 12.0 Å². The zero-order valence-corrected chi connectivity index (χ0v) is 11.9. The van der Waals surface area contributed by atoms with Gasteiger partial charge in [-0.1, -0.05) is 50.2 Å². The second-order valence-electron chi connectivity index (χ2n) is 4.09. The second-order valence-corrected chi connectivity index (χ2v) is 4.70.